The number of aromatic carboxylic acids is 1. The van der Waals surface area contributed by atoms with E-state index in [0.717, 1.165) is 34.7 Å². The Labute approximate surface area is 183 Å². The van der Waals surface area contributed by atoms with E-state index >= 15 is 0 Å². The minimum absolute atomic E-state index is 0.277. The second-order valence-electron chi connectivity index (χ2n) is 7.19. The highest BCUT2D eigenvalue weighted by atomic mass is 32.2. The number of anilines is 2. The third-order valence-corrected chi connectivity index (χ3v) is 5.94. The molecule has 4 aromatic carbocycles. The normalized spacial score (nSPS) is 11.9. The molecule has 156 valence electrons. The van der Waals surface area contributed by atoms with Crippen LogP contribution in [0.3, 0.4) is 0 Å². The highest BCUT2D eigenvalue weighted by Crippen LogP contribution is 2.33. The maximum absolute atomic E-state index is 12.2. The lowest BCUT2D eigenvalue weighted by Crippen LogP contribution is -2.19. The van der Waals surface area contributed by atoms with Crippen LogP contribution in [0.2, 0.25) is 0 Å². The first-order chi connectivity index (χ1) is 15.0. The molecule has 6 heteroatoms. The van der Waals surface area contributed by atoms with Crippen molar-refractivity contribution < 1.29 is 18.7 Å². The molecule has 0 spiro atoms. The summed E-state index contributed by atoms with van der Waals surface area (Å²) in [7, 11) is 0. The summed E-state index contributed by atoms with van der Waals surface area (Å²) in [5.74, 6) is -0.931. The molecule has 0 amide bonds. The Morgan fingerprint density at radius 2 is 1.35 bits per heavy atom. The number of aryl methyl sites for hydroxylation is 2. The molecule has 0 saturated heterocycles. The number of benzene rings is 4. The van der Waals surface area contributed by atoms with Crippen LogP contribution in [0.5, 0.6) is 0 Å². The molecule has 4 rings (SSSR count). The van der Waals surface area contributed by atoms with Gasteiger partial charge in [0.1, 0.15) is 0 Å². The predicted molar refractivity (Wildman–Crippen MR) is 124 cm³/mol. The number of rotatable bonds is 7. The molecule has 0 aromatic heterocycles. The second kappa shape index (κ2) is 9.12. The van der Waals surface area contributed by atoms with Crippen molar-refractivity contribution in [2.24, 2.45) is 0 Å². The molecule has 0 saturated carbocycles. The molecule has 0 aliphatic heterocycles. The standard InChI is InChI=1S/C25H21NO4S/c27-25(28)21-14-10-18(11-15-21)8-9-19-12-16-22(17-13-19)26(31(29)30)24-7-3-5-20-4-1-2-6-23(20)24/h1-7,10-17H,8-9H2,(H,27,28)(H,29,30). The van der Waals surface area contributed by atoms with Gasteiger partial charge in [-0.15, -0.1) is 0 Å². The van der Waals surface area contributed by atoms with Crippen LogP contribution in [0.1, 0.15) is 21.5 Å². The van der Waals surface area contributed by atoms with Crippen molar-refractivity contribution in [3.8, 4) is 0 Å². The first-order valence-electron chi connectivity index (χ1n) is 9.83. The molecular formula is C25H21NO4S. The number of nitrogens with zero attached hydrogens (tertiary/aromatic N) is 1. The summed E-state index contributed by atoms with van der Waals surface area (Å²) in [6.45, 7) is 0. The fraction of sp³-hybridized carbons (Fsp3) is 0.0800. The quantitative estimate of drug-likeness (QED) is 0.374. The summed E-state index contributed by atoms with van der Waals surface area (Å²) in [6, 6.07) is 27.9. The molecule has 1 atom stereocenters. The zero-order valence-corrected chi connectivity index (χ0v) is 17.5. The van der Waals surface area contributed by atoms with Gasteiger partial charge in [-0.2, -0.15) is 0 Å². The third-order valence-electron chi connectivity index (χ3n) is 5.22. The molecule has 0 heterocycles. The van der Waals surface area contributed by atoms with Crippen LogP contribution in [0.25, 0.3) is 10.8 Å². The van der Waals surface area contributed by atoms with Gasteiger partial charge in [-0.05, 0) is 59.7 Å². The van der Waals surface area contributed by atoms with Gasteiger partial charge in [-0.25, -0.2) is 13.3 Å². The summed E-state index contributed by atoms with van der Waals surface area (Å²) < 4.78 is 23.6. The summed E-state index contributed by atoms with van der Waals surface area (Å²) in [5.41, 5.74) is 3.73. The molecule has 0 bridgehead atoms. The van der Waals surface area contributed by atoms with E-state index in [2.05, 4.69) is 0 Å². The van der Waals surface area contributed by atoms with Crippen molar-refractivity contribution in [3.63, 3.8) is 0 Å². The maximum atomic E-state index is 12.2. The van der Waals surface area contributed by atoms with Gasteiger partial charge in [0.25, 0.3) is 11.3 Å². The van der Waals surface area contributed by atoms with Crippen LogP contribution in [0.4, 0.5) is 11.4 Å². The van der Waals surface area contributed by atoms with Crippen LogP contribution in [-0.2, 0) is 24.1 Å². The largest absolute Gasteiger partial charge is 0.478 e. The van der Waals surface area contributed by atoms with E-state index in [-0.39, 0.29) is 5.56 Å². The van der Waals surface area contributed by atoms with E-state index in [1.807, 2.05) is 78.9 Å². The second-order valence-corrected chi connectivity index (χ2v) is 8.02. The molecule has 0 aliphatic rings. The topological polar surface area (TPSA) is 77.8 Å². The van der Waals surface area contributed by atoms with E-state index in [1.54, 1.807) is 12.1 Å². The van der Waals surface area contributed by atoms with Crippen molar-refractivity contribution in [1.82, 2.24) is 0 Å². The first kappa shape index (κ1) is 20.8. The minimum Gasteiger partial charge on any atom is -0.478 e. The minimum atomic E-state index is -2.22. The number of carbonyl (C=O) groups is 1. The molecule has 0 fully saturated rings. The molecule has 2 N–H and O–H groups in total. The molecule has 5 nitrogen and oxygen atoms in total. The SMILES string of the molecule is O=C(O)c1ccc(CCc2ccc(N(c3cccc4ccccc34)S(=O)O)cc2)cc1. The van der Waals surface area contributed by atoms with Gasteiger partial charge in [0.05, 0.1) is 16.9 Å². The number of carboxylic acid groups (broad SMARTS) is 1. The van der Waals surface area contributed by atoms with Crippen molar-refractivity contribution in [1.29, 1.82) is 0 Å². The lowest BCUT2D eigenvalue weighted by atomic mass is 10.0. The van der Waals surface area contributed by atoms with Crippen molar-refractivity contribution >= 4 is 39.4 Å². The van der Waals surface area contributed by atoms with Crippen LogP contribution in [-0.4, -0.2) is 19.8 Å². The highest BCUT2D eigenvalue weighted by Gasteiger charge is 2.17. The van der Waals surface area contributed by atoms with Gasteiger partial charge in [-0.3, -0.25) is 4.55 Å². The molecule has 31 heavy (non-hydrogen) atoms. The fourth-order valence-electron chi connectivity index (χ4n) is 3.60. The molecular weight excluding hydrogens is 410 g/mol. The van der Waals surface area contributed by atoms with E-state index in [4.69, 9.17) is 5.11 Å². The van der Waals surface area contributed by atoms with Gasteiger partial charge >= 0.3 is 5.97 Å². The lowest BCUT2D eigenvalue weighted by Gasteiger charge is -2.22. The third kappa shape index (κ3) is 4.66. The Balaban J connectivity index is 1.54. The van der Waals surface area contributed by atoms with Crippen LogP contribution in [0.15, 0.2) is 91.0 Å². The van der Waals surface area contributed by atoms with Crippen LogP contribution < -0.4 is 4.31 Å². The Morgan fingerprint density at radius 3 is 1.97 bits per heavy atom. The average molecular weight is 432 g/mol. The zero-order valence-electron chi connectivity index (χ0n) is 16.6. The Bertz CT molecular complexity index is 1230. The zero-order chi connectivity index (χ0) is 21.8. The summed E-state index contributed by atoms with van der Waals surface area (Å²) in [5, 5.41) is 10.9. The maximum Gasteiger partial charge on any atom is 0.335 e. The van der Waals surface area contributed by atoms with Gasteiger partial charge in [-0.1, -0.05) is 60.7 Å². The smallest absolute Gasteiger partial charge is 0.335 e. The van der Waals surface area contributed by atoms with E-state index in [0.29, 0.717) is 11.4 Å². The van der Waals surface area contributed by atoms with Gasteiger partial charge < -0.3 is 5.11 Å². The predicted octanol–water partition coefficient (Wildman–Crippen LogP) is 5.60. The molecule has 0 aliphatic carbocycles. The number of hydrogen-bond acceptors (Lipinski definition) is 2. The van der Waals surface area contributed by atoms with Crippen LogP contribution in [0, 0.1) is 0 Å². The fourth-order valence-corrected chi connectivity index (χ4v) is 4.23. The van der Waals surface area contributed by atoms with Crippen molar-refractivity contribution in [2.45, 2.75) is 12.8 Å². The van der Waals surface area contributed by atoms with Gasteiger partial charge in [0, 0.05) is 5.39 Å². The van der Waals surface area contributed by atoms with E-state index < -0.39 is 17.2 Å². The van der Waals surface area contributed by atoms with Crippen molar-refractivity contribution in [2.75, 3.05) is 4.31 Å². The summed E-state index contributed by atoms with van der Waals surface area (Å²) in [4.78, 5) is 11.0. The Kier molecular flexibility index (Phi) is 6.11. The molecule has 1 unspecified atom stereocenters. The molecule has 4 aromatic rings. The highest BCUT2D eigenvalue weighted by molar-refractivity contribution is 7.81. The van der Waals surface area contributed by atoms with E-state index in [9.17, 15) is 13.6 Å². The number of carboxylic acids is 1. The van der Waals surface area contributed by atoms with Gasteiger partial charge in [0.15, 0.2) is 0 Å². The number of fused-ring (bicyclic) bond motifs is 1. The van der Waals surface area contributed by atoms with Crippen LogP contribution >= 0.6 is 0 Å². The monoisotopic (exact) mass is 431 g/mol. The van der Waals surface area contributed by atoms with Gasteiger partial charge in [0.2, 0.25) is 0 Å². The molecule has 0 radical (unpaired) electrons. The summed E-state index contributed by atoms with van der Waals surface area (Å²) in [6.07, 6.45) is 1.56. The Morgan fingerprint density at radius 1 is 0.774 bits per heavy atom. The first-order valence-corrected chi connectivity index (χ1v) is 10.9. The Hall–Kier alpha value is -3.48. The van der Waals surface area contributed by atoms with Crippen molar-refractivity contribution in [3.05, 3.63) is 108 Å². The average Bonchev–Trinajstić information content (AvgIpc) is 2.79. The number of hydrogen-bond donors (Lipinski definition) is 2. The summed E-state index contributed by atoms with van der Waals surface area (Å²) >= 11 is -2.22. The van der Waals surface area contributed by atoms with E-state index in [1.165, 1.54) is 4.31 Å². The lowest BCUT2D eigenvalue weighted by molar-refractivity contribution is 0.0697.